The normalized spacial score (nSPS) is 12.9. The topological polar surface area (TPSA) is 113 Å². The molecule has 0 aromatic heterocycles. The Labute approximate surface area is 125 Å². The van der Waals surface area contributed by atoms with Crippen LogP contribution in [0.1, 0.15) is 24.9 Å². The van der Waals surface area contributed by atoms with Crippen molar-refractivity contribution in [2.75, 3.05) is 20.1 Å². The van der Waals surface area contributed by atoms with Crippen molar-refractivity contribution in [3.8, 4) is 0 Å². The Kier molecular flexibility index (Phi) is 6.60. The zero-order valence-electron chi connectivity index (χ0n) is 12.2. The van der Waals surface area contributed by atoms with Crippen LogP contribution in [-0.4, -0.2) is 34.6 Å². The van der Waals surface area contributed by atoms with Crippen molar-refractivity contribution in [3.63, 3.8) is 0 Å². The van der Waals surface area contributed by atoms with Gasteiger partial charge in [-0.25, -0.2) is 17.9 Å². The van der Waals surface area contributed by atoms with E-state index in [1.54, 1.807) is 12.1 Å². The first kappa shape index (κ1) is 17.4. The molecule has 0 saturated carbocycles. The summed E-state index contributed by atoms with van der Waals surface area (Å²) in [6, 6.07) is 6.21. The van der Waals surface area contributed by atoms with Gasteiger partial charge in [0.15, 0.2) is 0 Å². The van der Waals surface area contributed by atoms with E-state index >= 15 is 0 Å². The van der Waals surface area contributed by atoms with E-state index in [-0.39, 0.29) is 24.0 Å². The maximum absolute atomic E-state index is 12.2. The van der Waals surface area contributed by atoms with E-state index in [1.165, 1.54) is 6.07 Å². The minimum Gasteiger partial charge on any atom is -0.352 e. The van der Waals surface area contributed by atoms with Crippen molar-refractivity contribution in [1.29, 1.82) is 0 Å². The Balaban J connectivity index is 2.79. The summed E-state index contributed by atoms with van der Waals surface area (Å²) in [5.41, 5.74) is 5.82. The standard InChI is InChI=1S/C13H22N4O3S/c1-3-12(15-2)10-5-4-6-11(9-10)21(19,20)17-8-7-16-13(14)18/h4-6,9,12,15,17H,3,7-8H2,1-2H3,(H3,14,16,18). The number of nitrogens with one attached hydrogen (secondary N) is 3. The number of nitrogens with two attached hydrogens (primary N) is 1. The lowest BCUT2D eigenvalue weighted by Crippen LogP contribution is -2.37. The van der Waals surface area contributed by atoms with Crippen LogP contribution in [0, 0.1) is 0 Å². The van der Waals surface area contributed by atoms with E-state index in [0.717, 1.165) is 12.0 Å². The minimum atomic E-state index is -3.60. The molecule has 0 fully saturated rings. The van der Waals surface area contributed by atoms with Crippen LogP contribution in [0.5, 0.6) is 0 Å². The Hall–Kier alpha value is -1.64. The maximum atomic E-state index is 12.2. The van der Waals surface area contributed by atoms with Gasteiger partial charge in [-0.2, -0.15) is 0 Å². The van der Waals surface area contributed by atoms with Crippen molar-refractivity contribution < 1.29 is 13.2 Å². The van der Waals surface area contributed by atoms with E-state index in [1.807, 2.05) is 20.0 Å². The molecule has 0 aliphatic carbocycles. The molecule has 0 bridgehead atoms. The zero-order valence-corrected chi connectivity index (χ0v) is 13.0. The molecule has 0 aliphatic heterocycles. The highest BCUT2D eigenvalue weighted by Crippen LogP contribution is 2.19. The van der Waals surface area contributed by atoms with Crippen LogP contribution in [0.15, 0.2) is 29.2 Å². The van der Waals surface area contributed by atoms with Crippen molar-refractivity contribution in [3.05, 3.63) is 29.8 Å². The summed E-state index contributed by atoms with van der Waals surface area (Å²) < 4.78 is 26.7. The summed E-state index contributed by atoms with van der Waals surface area (Å²) in [6.45, 7) is 2.25. The fraction of sp³-hybridized carbons (Fsp3) is 0.462. The molecule has 0 spiro atoms. The molecular weight excluding hydrogens is 292 g/mol. The molecule has 118 valence electrons. The minimum absolute atomic E-state index is 0.0821. The molecule has 7 nitrogen and oxygen atoms in total. The van der Waals surface area contributed by atoms with Gasteiger partial charge in [0, 0.05) is 19.1 Å². The van der Waals surface area contributed by atoms with Gasteiger partial charge in [-0.3, -0.25) is 0 Å². The first-order valence-electron chi connectivity index (χ1n) is 6.71. The second kappa shape index (κ2) is 7.96. The van der Waals surface area contributed by atoms with E-state index in [0.29, 0.717) is 0 Å². The van der Waals surface area contributed by atoms with Gasteiger partial charge in [-0.05, 0) is 31.2 Å². The number of amides is 2. The molecule has 0 saturated heterocycles. The zero-order chi connectivity index (χ0) is 15.9. The van der Waals surface area contributed by atoms with Crippen LogP contribution in [0.4, 0.5) is 4.79 Å². The third-order valence-electron chi connectivity index (χ3n) is 3.04. The summed E-state index contributed by atoms with van der Waals surface area (Å²) >= 11 is 0. The summed E-state index contributed by atoms with van der Waals surface area (Å²) in [6.07, 6.45) is 0.857. The van der Waals surface area contributed by atoms with Gasteiger partial charge >= 0.3 is 6.03 Å². The third-order valence-corrected chi connectivity index (χ3v) is 4.50. The first-order valence-corrected chi connectivity index (χ1v) is 8.19. The van der Waals surface area contributed by atoms with Gasteiger partial charge in [0.25, 0.3) is 0 Å². The molecule has 0 aliphatic rings. The van der Waals surface area contributed by atoms with Gasteiger partial charge in [0.2, 0.25) is 10.0 Å². The van der Waals surface area contributed by atoms with Crippen LogP contribution in [0.25, 0.3) is 0 Å². The predicted molar refractivity (Wildman–Crippen MR) is 81.3 cm³/mol. The van der Waals surface area contributed by atoms with Crippen molar-refractivity contribution in [1.82, 2.24) is 15.4 Å². The highest BCUT2D eigenvalue weighted by molar-refractivity contribution is 7.89. The fourth-order valence-corrected chi connectivity index (χ4v) is 3.05. The number of benzene rings is 1. The molecule has 1 unspecified atom stereocenters. The molecular formula is C13H22N4O3S. The fourth-order valence-electron chi connectivity index (χ4n) is 1.96. The lowest BCUT2D eigenvalue weighted by atomic mass is 10.1. The smallest absolute Gasteiger partial charge is 0.312 e. The number of hydrogen-bond donors (Lipinski definition) is 4. The maximum Gasteiger partial charge on any atom is 0.312 e. The largest absolute Gasteiger partial charge is 0.352 e. The number of rotatable bonds is 8. The van der Waals surface area contributed by atoms with E-state index in [2.05, 4.69) is 15.4 Å². The lowest BCUT2D eigenvalue weighted by Gasteiger charge is -2.15. The van der Waals surface area contributed by atoms with Crippen LogP contribution in [0.2, 0.25) is 0 Å². The van der Waals surface area contributed by atoms with Gasteiger partial charge in [0.05, 0.1) is 4.90 Å². The van der Waals surface area contributed by atoms with E-state index < -0.39 is 16.1 Å². The van der Waals surface area contributed by atoms with Crippen molar-refractivity contribution in [2.45, 2.75) is 24.3 Å². The summed E-state index contributed by atoms with van der Waals surface area (Å²) in [4.78, 5) is 10.7. The summed E-state index contributed by atoms with van der Waals surface area (Å²) in [5.74, 6) is 0. The molecule has 21 heavy (non-hydrogen) atoms. The average molecular weight is 314 g/mol. The number of carbonyl (C=O) groups excluding carboxylic acids is 1. The van der Waals surface area contributed by atoms with Crippen molar-refractivity contribution >= 4 is 16.1 Å². The van der Waals surface area contributed by atoms with E-state index in [9.17, 15) is 13.2 Å². The van der Waals surface area contributed by atoms with Gasteiger partial charge in [-0.1, -0.05) is 19.1 Å². The Bertz CT molecular complexity index is 571. The number of urea groups is 1. The van der Waals surface area contributed by atoms with Crippen LogP contribution < -0.4 is 21.1 Å². The van der Waals surface area contributed by atoms with Crippen molar-refractivity contribution in [2.24, 2.45) is 5.73 Å². The van der Waals surface area contributed by atoms with Gasteiger partial charge in [-0.15, -0.1) is 0 Å². The highest BCUT2D eigenvalue weighted by Gasteiger charge is 2.15. The SMILES string of the molecule is CCC(NC)c1cccc(S(=O)(=O)NCCNC(N)=O)c1. The summed E-state index contributed by atoms with van der Waals surface area (Å²) in [7, 11) is -1.76. The number of primary amides is 1. The molecule has 1 rings (SSSR count). The first-order chi connectivity index (χ1) is 9.90. The number of sulfonamides is 1. The second-order valence-corrected chi connectivity index (χ2v) is 6.28. The average Bonchev–Trinajstić information content (AvgIpc) is 2.45. The van der Waals surface area contributed by atoms with E-state index in [4.69, 9.17) is 5.73 Å². The second-order valence-electron chi connectivity index (χ2n) is 4.51. The molecule has 2 amide bonds. The molecule has 1 aromatic carbocycles. The molecule has 5 N–H and O–H groups in total. The monoisotopic (exact) mass is 314 g/mol. The quantitative estimate of drug-likeness (QED) is 0.517. The van der Waals surface area contributed by atoms with Crippen LogP contribution in [-0.2, 0) is 10.0 Å². The molecule has 1 aromatic rings. The number of hydrogen-bond acceptors (Lipinski definition) is 4. The Morgan fingerprint density at radius 1 is 1.33 bits per heavy atom. The Morgan fingerprint density at radius 3 is 2.62 bits per heavy atom. The molecule has 0 radical (unpaired) electrons. The van der Waals surface area contributed by atoms with Crippen LogP contribution in [0.3, 0.4) is 0 Å². The molecule has 8 heteroatoms. The predicted octanol–water partition coefficient (Wildman–Crippen LogP) is 0.304. The Morgan fingerprint density at radius 2 is 2.05 bits per heavy atom. The van der Waals surface area contributed by atoms with Gasteiger partial charge in [0.1, 0.15) is 0 Å². The molecule has 1 atom stereocenters. The summed E-state index contributed by atoms with van der Waals surface area (Å²) in [5, 5.41) is 5.45. The highest BCUT2D eigenvalue weighted by atomic mass is 32.2. The van der Waals surface area contributed by atoms with Crippen LogP contribution >= 0.6 is 0 Å². The third kappa shape index (κ3) is 5.33. The lowest BCUT2D eigenvalue weighted by molar-refractivity contribution is 0.249. The van der Waals surface area contributed by atoms with Gasteiger partial charge < -0.3 is 16.4 Å². The number of carbonyl (C=O) groups is 1. The molecule has 0 heterocycles.